The Morgan fingerprint density at radius 2 is 1.96 bits per heavy atom. The van der Waals surface area contributed by atoms with Gasteiger partial charge in [0.05, 0.1) is 20.1 Å². The van der Waals surface area contributed by atoms with E-state index in [-0.39, 0.29) is 6.54 Å². The quantitative estimate of drug-likeness (QED) is 0.595. The molecule has 5 nitrogen and oxygen atoms in total. The lowest BCUT2D eigenvalue weighted by atomic mass is 10.2. The summed E-state index contributed by atoms with van der Waals surface area (Å²) >= 11 is 0. The van der Waals surface area contributed by atoms with Crippen LogP contribution in [-0.4, -0.2) is 39.4 Å². The van der Waals surface area contributed by atoms with Crippen LogP contribution in [0.1, 0.15) is 18.9 Å². The highest BCUT2D eigenvalue weighted by Crippen LogP contribution is 2.27. The highest BCUT2D eigenvalue weighted by Gasteiger charge is 2.26. The second kappa shape index (κ2) is 9.12. The third-order valence-corrected chi connectivity index (χ3v) is 2.91. The van der Waals surface area contributed by atoms with E-state index in [1.54, 1.807) is 19.2 Å². The van der Waals surface area contributed by atoms with Gasteiger partial charge in [0.25, 0.3) is 0 Å². The van der Waals surface area contributed by atoms with E-state index in [0.29, 0.717) is 30.6 Å². The Kier molecular flexibility index (Phi) is 7.50. The summed E-state index contributed by atoms with van der Waals surface area (Å²) in [5, 5.41) is 5.57. The largest absolute Gasteiger partial charge is 0.493 e. The number of guanidine groups is 1. The molecule has 0 aliphatic rings. The molecule has 1 aromatic carbocycles. The van der Waals surface area contributed by atoms with Crippen LogP contribution in [0, 0.1) is 0 Å². The number of nitrogens with zero attached hydrogens (tertiary/aromatic N) is 1. The number of aliphatic imine (C=N–C) groups is 1. The summed E-state index contributed by atoms with van der Waals surface area (Å²) in [5.74, 6) is 1.56. The highest BCUT2D eigenvalue weighted by atomic mass is 19.4. The molecule has 0 radical (unpaired) electrons. The first kappa shape index (κ1) is 18.9. The first-order chi connectivity index (χ1) is 10.9. The summed E-state index contributed by atoms with van der Waals surface area (Å²) in [4.78, 5) is 3.88. The summed E-state index contributed by atoms with van der Waals surface area (Å²) in [6.07, 6.45) is -5.10. The minimum atomic E-state index is -4.19. The van der Waals surface area contributed by atoms with Crippen molar-refractivity contribution in [2.75, 3.05) is 27.3 Å². The van der Waals surface area contributed by atoms with Gasteiger partial charge in [-0.3, -0.25) is 4.99 Å². The molecule has 8 heteroatoms. The number of benzene rings is 1. The SMILES string of the molecule is CCOc1ccc(CNC(=NC)NCCC(F)(F)F)cc1OC. The van der Waals surface area contributed by atoms with Crippen molar-refractivity contribution in [1.82, 2.24) is 10.6 Å². The molecule has 0 spiro atoms. The maximum absolute atomic E-state index is 12.1. The molecule has 130 valence electrons. The van der Waals surface area contributed by atoms with Crippen LogP contribution in [0.5, 0.6) is 11.5 Å². The van der Waals surface area contributed by atoms with E-state index in [0.717, 1.165) is 5.56 Å². The maximum atomic E-state index is 12.1. The van der Waals surface area contributed by atoms with E-state index in [4.69, 9.17) is 9.47 Å². The van der Waals surface area contributed by atoms with Gasteiger partial charge in [0.1, 0.15) is 0 Å². The molecule has 0 unspecified atom stereocenters. The second-order valence-electron chi connectivity index (χ2n) is 4.64. The number of hydrogen-bond acceptors (Lipinski definition) is 3. The van der Waals surface area contributed by atoms with Crippen LogP contribution in [0.4, 0.5) is 13.2 Å². The first-order valence-corrected chi connectivity index (χ1v) is 7.20. The van der Waals surface area contributed by atoms with Crippen LogP contribution >= 0.6 is 0 Å². The molecule has 0 aliphatic heterocycles. The van der Waals surface area contributed by atoms with Crippen LogP contribution in [0.15, 0.2) is 23.2 Å². The molecule has 0 atom stereocenters. The van der Waals surface area contributed by atoms with Crippen molar-refractivity contribution < 1.29 is 22.6 Å². The molecule has 2 N–H and O–H groups in total. The van der Waals surface area contributed by atoms with E-state index >= 15 is 0 Å². The number of ether oxygens (including phenoxy) is 2. The fourth-order valence-electron chi connectivity index (χ4n) is 1.83. The molecular formula is C15H22F3N3O2. The third-order valence-electron chi connectivity index (χ3n) is 2.91. The number of alkyl halides is 3. The third kappa shape index (κ3) is 7.12. The molecular weight excluding hydrogens is 311 g/mol. The zero-order chi connectivity index (χ0) is 17.3. The molecule has 0 saturated heterocycles. The molecule has 0 heterocycles. The Bertz CT molecular complexity index is 519. The van der Waals surface area contributed by atoms with Crippen molar-refractivity contribution in [2.24, 2.45) is 4.99 Å². The predicted octanol–water partition coefficient (Wildman–Crippen LogP) is 2.71. The van der Waals surface area contributed by atoms with E-state index in [2.05, 4.69) is 15.6 Å². The van der Waals surface area contributed by atoms with Crippen molar-refractivity contribution in [3.05, 3.63) is 23.8 Å². The van der Waals surface area contributed by atoms with Crippen molar-refractivity contribution in [1.29, 1.82) is 0 Å². The summed E-state index contributed by atoms with van der Waals surface area (Å²) in [5.41, 5.74) is 0.893. The van der Waals surface area contributed by atoms with Crippen LogP contribution < -0.4 is 20.1 Å². The monoisotopic (exact) mass is 333 g/mol. The number of nitrogens with one attached hydrogen (secondary N) is 2. The standard InChI is InChI=1S/C15H22F3N3O2/c1-4-23-12-6-5-11(9-13(12)22-3)10-21-14(19-2)20-8-7-15(16,17)18/h5-6,9H,4,7-8,10H2,1-3H3,(H2,19,20,21). The Balaban J connectivity index is 2.55. The molecule has 0 aromatic heterocycles. The summed E-state index contributed by atoms with van der Waals surface area (Å²) < 4.78 is 47.0. The van der Waals surface area contributed by atoms with E-state index in [9.17, 15) is 13.2 Å². The van der Waals surface area contributed by atoms with Crippen molar-refractivity contribution in [2.45, 2.75) is 26.1 Å². The molecule has 1 rings (SSSR count). The molecule has 0 fully saturated rings. The second-order valence-corrected chi connectivity index (χ2v) is 4.64. The number of hydrogen-bond donors (Lipinski definition) is 2. The lowest BCUT2D eigenvalue weighted by molar-refractivity contribution is -0.132. The molecule has 23 heavy (non-hydrogen) atoms. The van der Waals surface area contributed by atoms with Crippen molar-refractivity contribution >= 4 is 5.96 Å². The average Bonchev–Trinajstić information content (AvgIpc) is 2.50. The Labute approximate surface area is 133 Å². The average molecular weight is 333 g/mol. The zero-order valence-corrected chi connectivity index (χ0v) is 13.5. The predicted molar refractivity (Wildman–Crippen MR) is 83.0 cm³/mol. The lowest BCUT2D eigenvalue weighted by Crippen LogP contribution is -2.38. The van der Waals surface area contributed by atoms with E-state index in [1.165, 1.54) is 7.05 Å². The van der Waals surface area contributed by atoms with Gasteiger partial charge >= 0.3 is 6.18 Å². The first-order valence-electron chi connectivity index (χ1n) is 7.20. The Morgan fingerprint density at radius 3 is 2.52 bits per heavy atom. The normalized spacial score (nSPS) is 12.0. The van der Waals surface area contributed by atoms with Gasteiger partial charge in [-0.1, -0.05) is 6.07 Å². The topological polar surface area (TPSA) is 54.9 Å². The van der Waals surface area contributed by atoms with Gasteiger partial charge in [-0.25, -0.2) is 0 Å². The van der Waals surface area contributed by atoms with Gasteiger partial charge in [0.15, 0.2) is 17.5 Å². The zero-order valence-electron chi connectivity index (χ0n) is 13.5. The fraction of sp³-hybridized carbons (Fsp3) is 0.533. The van der Waals surface area contributed by atoms with Gasteiger partial charge < -0.3 is 20.1 Å². The van der Waals surface area contributed by atoms with Gasteiger partial charge in [-0.2, -0.15) is 13.2 Å². The van der Waals surface area contributed by atoms with Crippen LogP contribution in [0.2, 0.25) is 0 Å². The summed E-state index contributed by atoms with van der Waals surface area (Å²) in [6.45, 7) is 2.58. The van der Waals surface area contributed by atoms with Gasteiger partial charge in [0.2, 0.25) is 0 Å². The summed E-state index contributed by atoms with van der Waals surface area (Å²) in [7, 11) is 3.05. The van der Waals surface area contributed by atoms with Gasteiger partial charge in [0, 0.05) is 20.1 Å². The molecule has 0 bridgehead atoms. The Morgan fingerprint density at radius 1 is 1.22 bits per heavy atom. The van der Waals surface area contributed by atoms with Gasteiger partial charge in [-0.15, -0.1) is 0 Å². The van der Waals surface area contributed by atoms with Crippen LogP contribution in [0.25, 0.3) is 0 Å². The molecule has 0 saturated carbocycles. The van der Waals surface area contributed by atoms with E-state index in [1.807, 2.05) is 13.0 Å². The Hall–Kier alpha value is -2.12. The minimum Gasteiger partial charge on any atom is -0.493 e. The van der Waals surface area contributed by atoms with Crippen molar-refractivity contribution in [3.8, 4) is 11.5 Å². The number of rotatable bonds is 7. The highest BCUT2D eigenvalue weighted by molar-refractivity contribution is 5.79. The lowest BCUT2D eigenvalue weighted by Gasteiger charge is -2.14. The minimum absolute atomic E-state index is 0.226. The molecule has 0 aliphatic carbocycles. The molecule has 0 amide bonds. The fourth-order valence-corrected chi connectivity index (χ4v) is 1.83. The number of methoxy groups -OCH3 is 1. The van der Waals surface area contributed by atoms with Crippen LogP contribution in [0.3, 0.4) is 0 Å². The maximum Gasteiger partial charge on any atom is 0.390 e. The molecule has 1 aromatic rings. The van der Waals surface area contributed by atoms with E-state index < -0.39 is 12.6 Å². The number of halogens is 3. The van der Waals surface area contributed by atoms with Gasteiger partial charge in [-0.05, 0) is 24.6 Å². The van der Waals surface area contributed by atoms with Crippen LogP contribution in [-0.2, 0) is 6.54 Å². The summed E-state index contributed by atoms with van der Waals surface area (Å²) in [6, 6.07) is 5.45. The van der Waals surface area contributed by atoms with Crippen molar-refractivity contribution in [3.63, 3.8) is 0 Å². The smallest absolute Gasteiger partial charge is 0.390 e.